The molecule has 0 aliphatic carbocycles. The first-order valence-corrected chi connectivity index (χ1v) is 7.56. The minimum atomic E-state index is 0.580. The molecule has 0 saturated heterocycles. The van der Waals surface area contributed by atoms with Crippen LogP contribution >= 0.6 is 0 Å². The molecule has 0 spiro atoms. The molecule has 0 fully saturated rings. The van der Waals surface area contributed by atoms with Gasteiger partial charge in [0.2, 0.25) is 0 Å². The summed E-state index contributed by atoms with van der Waals surface area (Å²) in [4.78, 5) is 4.29. The number of benzene rings is 2. The zero-order chi connectivity index (χ0) is 15.4. The van der Waals surface area contributed by atoms with Crippen LogP contribution in [0.2, 0.25) is 0 Å². The van der Waals surface area contributed by atoms with Gasteiger partial charge in [0.05, 0.1) is 18.2 Å². The smallest absolute Gasteiger partial charge is 0.128 e. The Kier molecular flexibility index (Phi) is 4.24. The van der Waals surface area contributed by atoms with Gasteiger partial charge < -0.3 is 9.30 Å². The molecule has 3 aromatic rings. The molecule has 3 nitrogen and oxygen atoms in total. The molecule has 0 bridgehead atoms. The quantitative estimate of drug-likeness (QED) is 0.661. The molecule has 0 saturated carbocycles. The molecule has 2 aromatic carbocycles. The van der Waals surface area contributed by atoms with Gasteiger partial charge in [-0.15, -0.1) is 0 Å². The van der Waals surface area contributed by atoms with Crippen LogP contribution in [-0.4, -0.2) is 9.55 Å². The van der Waals surface area contributed by atoms with Crippen molar-refractivity contribution in [2.75, 3.05) is 0 Å². The van der Waals surface area contributed by atoms with Crippen molar-refractivity contribution in [3.63, 3.8) is 0 Å². The van der Waals surface area contributed by atoms with Crippen molar-refractivity contribution in [2.24, 2.45) is 5.92 Å². The third-order valence-corrected chi connectivity index (χ3v) is 3.38. The second-order valence-electron chi connectivity index (χ2n) is 5.77. The summed E-state index contributed by atoms with van der Waals surface area (Å²) in [6, 6.07) is 18.0. The first-order chi connectivity index (χ1) is 10.7. The fraction of sp³-hybridized carbons (Fsp3) is 0.211. The molecular formula is C19H20N2O. The van der Waals surface area contributed by atoms with Gasteiger partial charge in [-0.05, 0) is 30.2 Å². The highest BCUT2D eigenvalue weighted by atomic mass is 16.5. The van der Waals surface area contributed by atoms with E-state index in [2.05, 4.69) is 35.5 Å². The molecule has 0 aliphatic heterocycles. The van der Waals surface area contributed by atoms with Crippen LogP contribution < -0.4 is 4.74 Å². The lowest BCUT2D eigenvalue weighted by Crippen LogP contribution is -2.04. The van der Waals surface area contributed by atoms with Crippen LogP contribution in [0, 0.1) is 5.92 Å². The largest absolute Gasteiger partial charge is 0.457 e. The Labute approximate surface area is 131 Å². The van der Waals surface area contributed by atoms with E-state index in [4.69, 9.17) is 4.74 Å². The molecule has 0 atom stereocenters. The van der Waals surface area contributed by atoms with Gasteiger partial charge in [-0.25, -0.2) is 4.98 Å². The van der Waals surface area contributed by atoms with E-state index in [1.807, 2.05) is 55.0 Å². The number of hydrogen-bond donors (Lipinski definition) is 0. The van der Waals surface area contributed by atoms with Crippen LogP contribution in [0.15, 0.2) is 67.1 Å². The number of imidazole rings is 1. The van der Waals surface area contributed by atoms with Crippen molar-refractivity contribution in [3.8, 4) is 22.8 Å². The molecular weight excluding hydrogens is 272 g/mol. The summed E-state index contributed by atoms with van der Waals surface area (Å²) < 4.78 is 8.10. The highest BCUT2D eigenvalue weighted by Crippen LogP contribution is 2.27. The van der Waals surface area contributed by atoms with E-state index < -0.39 is 0 Å². The fourth-order valence-corrected chi connectivity index (χ4v) is 2.44. The van der Waals surface area contributed by atoms with Gasteiger partial charge in [-0.1, -0.05) is 44.2 Å². The van der Waals surface area contributed by atoms with Crippen LogP contribution in [-0.2, 0) is 6.54 Å². The number of aromatic nitrogens is 2. The van der Waals surface area contributed by atoms with E-state index in [0.29, 0.717) is 5.92 Å². The standard InChI is InChI=1S/C19H20N2O/c1-15(2)13-21-14-20-12-19(21)16-7-6-10-18(11-16)22-17-8-4-3-5-9-17/h3-12,14-15H,13H2,1-2H3. The summed E-state index contributed by atoms with van der Waals surface area (Å²) in [6.07, 6.45) is 3.80. The number of hydrogen-bond acceptors (Lipinski definition) is 2. The third-order valence-electron chi connectivity index (χ3n) is 3.38. The summed E-state index contributed by atoms with van der Waals surface area (Å²) in [5, 5.41) is 0. The lowest BCUT2D eigenvalue weighted by Gasteiger charge is -2.12. The van der Waals surface area contributed by atoms with Crippen LogP contribution in [0.4, 0.5) is 0 Å². The van der Waals surface area contributed by atoms with Crippen LogP contribution in [0.5, 0.6) is 11.5 Å². The van der Waals surface area contributed by atoms with E-state index in [0.717, 1.165) is 29.3 Å². The fourth-order valence-electron chi connectivity index (χ4n) is 2.44. The van der Waals surface area contributed by atoms with Gasteiger partial charge in [0.25, 0.3) is 0 Å². The molecule has 3 heteroatoms. The molecule has 1 heterocycles. The lowest BCUT2D eigenvalue weighted by atomic mass is 10.1. The average molecular weight is 292 g/mol. The van der Waals surface area contributed by atoms with Crippen LogP contribution in [0.25, 0.3) is 11.3 Å². The van der Waals surface area contributed by atoms with E-state index >= 15 is 0 Å². The molecule has 112 valence electrons. The predicted octanol–water partition coefficient (Wildman–Crippen LogP) is 5.00. The van der Waals surface area contributed by atoms with Gasteiger partial charge in [-0.3, -0.25) is 0 Å². The first-order valence-electron chi connectivity index (χ1n) is 7.56. The highest BCUT2D eigenvalue weighted by molar-refractivity contribution is 5.61. The minimum absolute atomic E-state index is 0.580. The third kappa shape index (κ3) is 3.37. The van der Waals surface area contributed by atoms with Crippen LogP contribution in [0.1, 0.15) is 13.8 Å². The average Bonchev–Trinajstić information content (AvgIpc) is 2.96. The Hall–Kier alpha value is -2.55. The van der Waals surface area contributed by atoms with E-state index in [9.17, 15) is 0 Å². The zero-order valence-corrected chi connectivity index (χ0v) is 12.9. The number of para-hydroxylation sites is 1. The van der Waals surface area contributed by atoms with Gasteiger partial charge in [-0.2, -0.15) is 0 Å². The predicted molar refractivity (Wildman–Crippen MR) is 89.0 cm³/mol. The molecule has 0 unspecified atom stereocenters. The second-order valence-corrected chi connectivity index (χ2v) is 5.77. The van der Waals surface area contributed by atoms with Crippen LogP contribution in [0.3, 0.4) is 0 Å². The topological polar surface area (TPSA) is 27.1 Å². The van der Waals surface area contributed by atoms with Gasteiger partial charge >= 0.3 is 0 Å². The summed E-state index contributed by atoms with van der Waals surface area (Å²) in [5.41, 5.74) is 2.23. The molecule has 0 aliphatic rings. The summed E-state index contributed by atoms with van der Waals surface area (Å²) in [7, 11) is 0. The Morgan fingerprint density at radius 1 is 1.00 bits per heavy atom. The van der Waals surface area contributed by atoms with Gasteiger partial charge in [0, 0.05) is 12.1 Å². The molecule has 1 aromatic heterocycles. The van der Waals surface area contributed by atoms with Gasteiger partial charge in [0.15, 0.2) is 0 Å². The number of ether oxygens (including phenoxy) is 1. The molecule has 0 N–H and O–H groups in total. The monoisotopic (exact) mass is 292 g/mol. The van der Waals surface area contributed by atoms with E-state index in [1.54, 1.807) is 0 Å². The number of rotatable bonds is 5. The maximum absolute atomic E-state index is 5.91. The summed E-state index contributed by atoms with van der Waals surface area (Å²) in [6.45, 7) is 5.37. The van der Waals surface area contributed by atoms with Crippen molar-refractivity contribution < 1.29 is 4.74 Å². The van der Waals surface area contributed by atoms with E-state index in [-0.39, 0.29) is 0 Å². The van der Waals surface area contributed by atoms with Crippen molar-refractivity contribution in [3.05, 3.63) is 67.1 Å². The maximum Gasteiger partial charge on any atom is 0.128 e. The SMILES string of the molecule is CC(C)Cn1cncc1-c1cccc(Oc2ccccc2)c1. The molecule has 0 amide bonds. The molecule has 0 radical (unpaired) electrons. The Morgan fingerprint density at radius 3 is 2.55 bits per heavy atom. The maximum atomic E-state index is 5.91. The zero-order valence-electron chi connectivity index (χ0n) is 12.9. The molecule has 22 heavy (non-hydrogen) atoms. The Bertz CT molecular complexity index is 732. The number of nitrogens with zero attached hydrogens (tertiary/aromatic N) is 2. The van der Waals surface area contributed by atoms with Crippen molar-refractivity contribution in [1.29, 1.82) is 0 Å². The van der Waals surface area contributed by atoms with E-state index in [1.165, 1.54) is 0 Å². The van der Waals surface area contributed by atoms with Crippen molar-refractivity contribution in [1.82, 2.24) is 9.55 Å². The normalized spacial score (nSPS) is 10.9. The Balaban J connectivity index is 1.87. The summed E-state index contributed by atoms with van der Waals surface area (Å²) in [5.74, 6) is 2.26. The summed E-state index contributed by atoms with van der Waals surface area (Å²) >= 11 is 0. The Morgan fingerprint density at radius 2 is 1.77 bits per heavy atom. The minimum Gasteiger partial charge on any atom is -0.457 e. The molecule has 3 rings (SSSR count). The van der Waals surface area contributed by atoms with Gasteiger partial charge in [0.1, 0.15) is 11.5 Å². The van der Waals surface area contributed by atoms with Crippen molar-refractivity contribution >= 4 is 0 Å². The van der Waals surface area contributed by atoms with Crippen molar-refractivity contribution in [2.45, 2.75) is 20.4 Å². The first kappa shape index (κ1) is 14.4. The second kappa shape index (κ2) is 6.48. The highest BCUT2D eigenvalue weighted by Gasteiger charge is 2.08. The lowest BCUT2D eigenvalue weighted by molar-refractivity contribution is 0.482.